The summed E-state index contributed by atoms with van der Waals surface area (Å²) in [5.41, 5.74) is 4.85. The molecule has 0 amide bonds. The molecule has 3 heterocycles. The van der Waals surface area contributed by atoms with Crippen molar-refractivity contribution < 1.29 is 4.79 Å². The highest BCUT2D eigenvalue weighted by Gasteiger charge is 2.37. The summed E-state index contributed by atoms with van der Waals surface area (Å²) in [6.45, 7) is 2.12. The van der Waals surface area contributed by atoms with Crippen molar-refractivity contribution in [2.45, 2.75) is 19.3 Å². The molecule has 96 valence electrons. The van der Waals surface area contributed by atoms with Crippen LogP contribution in [0, 0.1) is 5.92 Å². The lowest BCUT2D eigenvalue weighted by Crippen LogP contribution is -2.46. The highest BCUT2D eigenvalue weighted by Crippen LogP contribution is 2.35. The van der Waals surface area contributed by atoms with Crippen LogP contribution in [0.2, 0.25) is 0 Å². The van der Waals surface area contributed by atoms with Crippen LogP contribution in [0.3, 0.4) is 0 Å². The van der Waals surface area contributed by atoms with Gasteiger partial charge in [0, 0.05) is 25.4 Å². The van der Waals surface area contributed by atoms with E-state index >= 15 is 0 Å². The topological polar surface area (TPSA) is 20.3 Å². The van der Waals surface area contributed by atoms with E-state index in [1.165, 1.54) is 16.7 Å². The molecule has 0 spiro atoms. The van der Waals surface area contributed by atoms with E-state index in [0.717, 1.165) is 38.0 Å². The summed E-state index contributed by atoms with van der Waals surface area (Å²) < 4.78 is 0. The van der Waals surface area contributed by atoms with E-state index < -0.39 is 0 Å². The van der Waals surface area contributed by atoms with E-state index in [0.29, 0.717) is 5.78 Å². The van der Waals surface area contributed by atoms with Gasteiger partial charge in [-0.05, 0) is 29.5 Å². The second-order valence-corrected chi connectivity index (χ2v) is 5.71. The lowest BCUT2D eigenvalue weighted by molar-refractivity contribution is -0.125. The molecular formula is C17H17NO. The molecule has 4 aliphatic rings. The molecule has 0 saturated carbocycles. The van der Waals surface area contributed by atoms with Crippen LogP contribution in [-0.2, 0) is 11.2 Å². The molecule has 1 aromatic carbocycles. The third-order valence-corrected chi connectivity index (χ3v) is 4.62. The zero-order valence-corrected chi connectivity index (χ0v) is 10.9. The molecule has 1 aliphatic carbocycles. The maximum Gasteiger partial charge on any atom is 0.182 e. The Labute approximate surface area is 113 Å². The van der Waals surface area contributed by atoms with Gasteiger partial charge < -0.3 is 4.90 Å². The number of hydrogen-bond donors (Lipinski definition) is 0. The van der Waals surface area contributed by atoms with Crippen LogP contribution >= 0.6 is 0 Å². The predicted molar refractivity (Wildman–Crippen MR) is 75.5 cm³/mol. The average molecular weight is 251 g/mol. The third kappa shape index (κ3) is 1.66. The lowest BCUT2D eigenvalue weighted by Gasteiger charge is -2.42. The number of nitrogens with zero attached hydrogens (tertiary/aromatic N) is 1. The highest BCUT2D eigenvalue weighted by molar-refractivity contribution is 5.99. The van der Waals surface area contributed by atoms with Crippen molar-refractivity contribution >= 4 is 11.9 Å². The second-order valence-electron chi connectivity index (χ2n) is 5.71. The van der Waals surface area contributed by atoms with Crippen LogP contribution in [0.15, 0.2) is 41.6 Å². The summed E-state index contributed by atoms with van der Waals surface area (Å²) in [6.07, 6.45) is 7.30. The summed E-state index contributed by atoms with van der Waals surface area (Å²) in [5, 5.41) is 0. The molecule has 3 aliphatic heterocycles. The zero-order chi connectivity index (χ0) is 12.8. The van der Waals surface area contributed by atoms with Crippen LogP contribution in [0.25, 0.3) is 6.08 Å². The highest BCUT2D eigenvalue weighted by atomic mass is 16.1. The van der Waals surface area contributed by atoms with Gasteiger partial charge in [-0.3, -0.25) is 4.79 Å². The molecule has 0 unspecified atom stereocenters. The Hall–Kier alpha value is -1.83. The standard InChI is InChI=1S/C17H17NO/c19-17-13-7-9-18(10-8-13)16(17)15-6-5-12-3-1-2-4-14(12)11-15/h1-6,13H,7-11H2/b16-15-. The van der Waals surface area contributed by atoms with Crippen molar-refractivity contribution in [3.05, 3.63) is 52.7 Å². The van der Waals surface area contributed by atoms with Crippen molar-refractivity contribution in [2.24, 2.45) is 5.92 Å². The summed E-state index contributed by atoms with van der Waals surface area (Å²) >= 11 is 0. The van der Waals surface area contributed by atoms with Crippen molar-refractivity contribution in [2.75, 3.05) is 13.1 Å². The van der Waals surface area contributed by atoms with Crippen molar-refractivity contribution in [1.82, 2.24) is 4.90 Å². The first kappa shape index (κ1) is 11.0. The molecule has 19 heavy (non-hydrogen) atoms. The van der Waals surface area contributed by atoms with Gasteiger partial charge in [-0.2, -0.15) is 0 Å². The number of ketones is 1. The van der Waals surface area contributed by atoms with E-state index in [4.69, 9.17) is 0 Å². The fraction of sp³-hybridized carbons (Fsp3) is 0.353. The van der Waals surface area contributed by atoms with Crippen LogP contribution in [0.5, 0.6) is 0 Å². The number of carbonyl (C=O) groups excluding carboxylic acids is 1. The minimum absolute atomic E-state index is 0.290. The van der Waals surface area contributed by atoms with Gasteiger partial charge in [-0.25, -0.2) is 0 Å². The quantitative estimate of drug-likeness (QED) is 0.661. The van der Waals surface area contributed by atoms with Gasteiger partial charge in [0.1, 0.15) is 0 Å². The van der Waals surface area contributed by atoms with Gasteiger partial charge >= 0.3 is 0 Å². The van der Waals surface area contributed by atoms with Crippen molar-refractivity contribution in [3.63, 3.8) is 0 Å². The first-order valence-corrected chi connectivity index (χ1v) is 7.11. The Bertz CT molecular complexity index is 603. The first-order chi connectivity index (χ1) is 9.33. The summed E-state index contributed by atoms with van der Waals surface area (Å²) in [6, 6.07) is 8.45. The van der Waals surface area contributed by atoms with E-state index in [1.807, 2.05) is 0 Å². The van der Waals surface area contributed by atoms with Gasteiger partial charge in [-0.1, -0.05) is 36.4 Å². The molecular weight excluding hydrogens is 234 g/mol. The van der Waals surface area contributed by atoms with E-state index in [2.05, 4.69) is 41.3 Å². The molecule has 2 nitrogen and oxygen atoms in total. The first-order valence-electron chi connectivity index (χ1n) is 7.11. The molecule has 0 aromatic heterocycles. The molecule has 0 N–H and O–H groups in total. The molecule has 3 saturated heterocycles. The number of carbonyl (C=O) groups is 1. The Kier molecular flexibility index (Phi) is 2.37. The zero-order valence-electron chi connectivity index (χ0n) is 10.9. The Morgan fingerprint density at radius 3 is 2.63 bits per heavy atom. The molecule has 0 atom stereocenters. The maximum absolute atomic E-state index is 12.5. The Balaban J connectivity index is 1.78. The second kappa shape index (κ2) is 4.09. The minimum Gasteiger partial charge on any atom is -0.368 e. The lowest BCUT2D eigenvalue weighted by atomic mass is 9.81. The number of Topliss-reactive ketones (excluding diaryl/α,β-unsaturated/α-hetero) is 1. The largest absolute Gasteiger partial charge is 0.368 e. The normalized spacial score (nSPS) is 25.9. The summed E-state index contributed by atoms with van der Waals surface area (Å²) in [4.78, 5) is 14.8. The number of allylic oxidation sites excluding steroid dienone is 3. The molecule has 3 fully saturated rings. The van der Waals surface area contributed by atoms with Crippen LogP contribution in [0.1, 0.15) is 24.0 Å². The van der Waals surface area contributed by atoms with Gasteiger partial charge in [-0.15, -0.1) is 0 Å². The van der Waals surface area contributed by atoms with Crippen LogP contribution in [-0.4, -0.2) is 23.8 Å². The number of rotatable bonds is 0. The number of benzene rings is 1. The van der Waals surface area contributed by atoms with Gasteiger partial charge in [0.15, 0.2) is 5.78 Å². The van der Waals surface area contributed by atoms with Gasteiger partial charge in [0.05, 0.1) is 5.70 Å². The van der Waals surface area contributed by atoms with Gasteiger partial charge in [0.2, 0.25) is 0 Å². The fourth-order valence-electron chi connectivity index (χ4n) is 3.55. The molecule has 2 heteroatoms. The molecule has 0 radical (unpaired) electrons. The monoisotopic (exact) mass is 251 g/mol. The molecule has 2 bridgehead atoms. The third-order valence-electron chi connectivity index (χ3n) is 4.62. The van der Waals surface area contributed by atoms with Crippen molar-refractivity contribution in [1.29, 1.82) is 0 Å². The maximum atomic E-state index is 12.5. The number of piperidine rings is 3. The van der Waals surface area contributed by atoms with E-state index in [9.17, 15) is 4.79 Å². The van der Waals surface area contributed by atoms with E-state index in [-0.39, 0.29) is 5.92 Å². The van der Waals surface area contributed by atoms with Gasteiger partial charge in [0.25, 0.3) is 0 Å². The smallest absolute Gasteiger partial charge is 0.182 e. The van der Waals surface area contributed by atoms with Crippen LogP contribution < -0.4 is 0 Å². The number of fused-ring (bicyclic) bond motifs is 4. The minimum atomic E-state index is 0.290. The average Bonchev–Trinajstić information content (AvgIpc) is 2.48. The van der Waals surface area contributed by atoms with Crippen LogP contribution in [0.4, 0.5) is 0 Å². The fourth-order valence-corrected chi connectivity index (χ4v) is 3.55. The Morgan fingerprint density at radius 1 is 1.05 bits per heavy atom. The Morgan fingerprint density at radius 2 is 1.84 bits per heavy atom. The SMILES string of the molecule is O=C1/C(=C2\C=Cc3ccccc3C2)N2CCC1CC2. The number of hydrogen-bond acceptors (Lipinski definition) is 2. The van der Waals surface area contributed by atoms with E-state index in [1.54, 1.807) is 0 Å². The van der Waals surface area contributed by atoms with Crippen molar-refractivity contribution in [3.8, 4) is 0 Å². The molecule has 5 rings (SSSR count). The summed E-state index contributed by atoms with van der Waals surface area (Å²) in [7, 11) is 0. The predicted octanol–water partition coefficient (Wildman–Crippen LogP) is 2.80. The molecule has 1 aromatic rings. The summed E-state index contributed by atoms with van der Waals surface area (Å²) in [5.74, 6) is 0.676.